The molecule has 32 heavy (non-hydrogen) atoms. The van der Waals surface area contributed by atoms with Gasteiger partial charge in [0, 0.05) is 17.8 Å². The van der Waals surface area contributed by atoms with Crippen molar-refractivity contribution in [3.05, 3.63) is 89.2 Å². The zero-order valence-electron chi connectivity index (χ0n) is 19.5. The minimum absolute atomic E-state index is 0.0920. The molecule has 0 amide bonds. The van der Waals surface area contributed by atoms with E-state index >= 15 is 0 Å². The van der Waals surface area contributed by atoms with Gasteiger partial charge in [-0.05, 0) is 84.4 Å². The van der Waals surface area contributed by atoms with E-state index in [1.807, 2.05) is 6.07 Å². The largest absolute Gasteiger partial charge is 0.385 e. The van der Waals surface area contributed by atoms with Gasteiger partial charge in [-0.25, -0.2) is 4.39 Å². The van der Waals surface area contributed by atoms with Gasteiger partial charge in [-0.2, -0.15) is 0 Å². The van der Waals surface area contributed by atoms with Crippen LogP contribution in [0.1, 0.15) is 68.6 Å². The second-order valence-corrected chi connectivity index (χ2v) is 9.52. The van der Waals surface area contributed by atoms with E-state index in [2.05, 4.69) is 73.8 Å². The minimum Gasteiger partial charge on any atom is -0.385 e. The summed E-state index contributed by atoms with van der Waals surface area (Å²) in [5, 5.41) is 3.41. The van der Waals surface area contributed by atoms with Crippen LogP contribution in [0.3, 0.4) is 0 Å². The molecule has 1 fully saturated rings. The standard InChI is InChI=1S/C30H36FN/c1-3-20-32-28-17-10-24(11-18-28)7-6-23-8-14-26(15-9-23)29-19-16-27(21-30(29)31)25-12-4-22(2)5-13-25/h8-11,14-19,21-22,25,32H,3-7,12-13,20H2,1-2H3. The number of hydrogen-bond acceptors (Lipinski definition) is 1. The fourth-order valence-corrected chi connectivity index (χ4v) is 4.81. The third kappa shape index (κ3) is 5.79. The lowest BCUT2D eigenvalue weighted by atomic mass is 9.79. The van der Waals surface area contributed by atoms with E-state index < -0.39 is 0 Å². The number of rotatable bonds is 8. The zero-order chi connectivity index (χ0) is 22.3. The van der Waals surface area contributed by atoms with Crippen molar-refractivity contribution in [1.82, 2.24) is 0 Å². The number of halogens is 1. The van der Waals surface area contributed by atoms with Crippen LogP contribution in [0.15, 0.2) is 66.7 Å². The molecule has 0 aromatic heterocycles. The maximum Gasteiger partial charge on any atom is 0.131 e. The van der Waals surface area contributed by atoms with Crippen LogP contribution in [-0.2, 0) is 12.8 Å². The Morgan fingerprint density at radius 1 is 0.812 bits per heavy atom. The van der Waals surface area contributed by atoms with Crippen LogP contribution in [0.2, 0.25) is 0 Å². The fourth-order valence-electron chi connectivity index (χ4n) is 4.81. The minimum atomic E-state index is -0.0920. The highest BCUT2D eigenvalue weighted by Crippen LogP contribution is 2.37. The lowest BCUT2D eigenvalue weighted by Gasteiger charge is -2.26. The highest BCUT2D eigenvalue weighted by Gasteiger charge is 2.20. The molecule has 1 aliphatic rings. The Balaban J connectivity index is 1.36. The van der Waals surface area contributed by atoms with Gasteiger partial charge in [-0.1, -0.05) is 75.2 Å². The van der Waals surface area contributed by atoms with E-state index in [0.29, 0.717) is 11.5 Å². The summed E-state index contributed by atoms with van der Waals surface area (Å²) in [5.41, 5.74) is 6.66. The third-order valence-corrected chi connectivity index (χ3v) is 6.98. The summed E-state index contributed by atoms with van der Waals surface area (Å²) < 4.78 is 14.9. The number of anilines is 1. The number of nitrogens with one attached hydrogen (secondary N) is 1. The third-order valence-electron chi connectivity index (χ3n) is 6.98. The van der Waals surface area contributed by atoms with Crippen LogP contribution in [-0.4, -0.2) is 6.54 Å². The molecule has 1 aliphatic carbocycles. The molecule has 4 rings (SSSR count). The van der Waals surface area contributed by atoms with Crippen molar-refractivity contribution < 1.29 is 4.39 Å². The SMILES string of the molecule is CCCNc1ccc(CCc2ccc(-c3ccc(C4CCC(C)CC4)cc3F)cc2)cc1. The van der Waals surface area contributed by atoms with Crippen molar-refractivity contribution in [1.29, 1.82) is 0 Å². The molecule has 0 unspecified atom stereocenters. The Kier molecular flexibility index (Phi) is 7.63. The predicted molar refractivity (Wildman–Crippen MR) is 135 cm³/mol. The van der Waals surface area contributed by atoms with E-state index in [1.165, 1.54) is 48.1 Å². The zero-order valence-corrected chi connectivity index (χ0v) is 19.5. The second kappa shape index (κ2) is 10.8. The van der Waals surface area contributed by atoms with Crippen LogP contribution in [0.4, 0.5) is 10.1 Å². The molecule has 3 aromatic carbocycles. The highest BCUT2D eigenvalue weighted by atomic mass is 19.1. The van der Waals surface area contributed by atoms with Crippen LogP contribution >= 0.6 is 0 Å². The van der Waals surface area contributed by atoms with Crippen molar-refractivity contribution in [2.24, 2.45) is 5.92 Å². The Morgan fingerprint density at radius 3 is 2.03 bits per heavy atom. The molecule has 168 valence electrons. The average Bonchev–Trinajstić information content (AvgIpc) is 2.83. The summed E-state index contributed by atoms with van der Waals surface area (Å²) in [6, 6.07) is 23.0. The first-order valence-corrected chi connectivity index (χ1v) is 12.3. The lowest BCUT2D eigenvalue weighted by Crippen LogP contribution is -2.11. The van der Waals surface area contributed by atoms with E-state index in [1.54, 1.807) is 6.07 Å². The van der Waals surface area contributed by atoms with Crippen LogP contribution in [0, 0.1) is 11.7 Å². The molecule has 1 nitrogen and oxygen atoms in total. The molecule has 0 bridgehead atoms. The Morgan fingerprint density at radius 2 is 1.44 bits per heavy atom. The first-order chi connectivity index (χ1) is 15.6. The average molecular weight is 430 g/mol. The fraction of sp³-hybridized carbons (Fsp3) is 0.400. The summed E-state index contributed by atoms with van der Waals surface area (Å²) in [6.45, 7) is 5.51. The van der Waals surface area contributed by atoms with Gasteiger partial charge >= 0.3 is 0 Å². The molecular weight excluding hydrogens is 393 g/mol. The van der Waals surface area contributed by atoms with E-state index in [-0.39, 0.29) is 5.82 Å². The first-order valence-electron chi connectivity index (χ1n) is 12.3. The molecule has 0 atom stereocenters. The van der Waals surface area contributed by atoms with Gasteiger partial charge in [0.2, 0.25) is 0 Å². The summed E-state index contributed by atoms with van der Waals surface area (Å²) in [4.78, 5) is 0. The Bertz CT molecular complexity index is 982. The van der Waals surface area contributed by atoms with Gasteiger partial charge in [0.05, 0.1) is 0 Å². The Labute approximate surface area is 193 Å². The molecule has 0 radical (unpaired) electrons. The Hall–Kier alpha value is -2.61. The topological polar surface area (TPSA) is 12.0 Å². The highest BCUT2D eigenvalue weighted by molar-refractivity contribution is 5.65. The van der Waals surface area contributed by atoms with Gasteiger partial charge in [-0.3, -0.25) is 0 Å². The van der Waals surface area contributed by atoms with Gasteiger partial charge in [-0.15, -0.1) is 0 Å². The van der Waals surface area contributed by atoms with Crippen LogP contribution in [0.5, 0.6) is 0 Å². The molecular formula is C30H36FN. The van der Waals surface area contributed by atoms with Gasteiger partial charge in [0.15, 0.2) is 0 Å². The molecule has 0 saturated heterocycles. The van der Waals surface area contributed by atoms with Crippen molar-refractivity contribution in [3.8, 4) is 11.1 Å². The van der Waals surface area contributed by atoms with Crippen molar-refractivity contribution in [2.45, 2.75) is 64.7 Å². The van der Waals surface area contributed by atoms with Crippen LogP contribution < -0.4 is 5.32 Å². The van der Waals surface area contributed by atoms with E-state index in [4.69, 9.17) is 0 Å². The van der Waals surface area contributed by atoms with Crippen molar-refractivity contribution in [3.63, 3.8) is 0 Å². The normalized spacial score (nSPS) is 18.5. The second-order valence-electron chi connectivity index (χ2n) is 9.52. The molecule has 0 heterocycles. The van der Waals surface area contributed by atoms with E-state index in [9.17, 15) is 4.39 Å². The summed E-state index contributed by atoms with van der Waals surface area (Å²) in [7, 11) is 0. The molecule has 1 N–H and O–H groups in total. The lowest BCUT2D eigenvalue weighted by molar-refractivity contribution is 0.347. The number of hydrogen-bond donors (Lipinski definition) is 1. The molecule has 0 spiro atoms. The smallest absolute Gasteiger partial charge is 0.131 e. The molecule has 1 saturated carbocycles. The maximum absolute atomic E-state index is 14.9. The number of benzene rings is 3. The first kappa shape index (κ1) is 22.6. The summed E-state index contributed by atoms with van der Waals surface area (Å²) >= 11 is 0. The summed E-state index contributed by atoms with van der Waals surface area (Å²) in [5.74, 6) is 1.25. The predicted octanol–water partition coefficient (Wildman–Crippen LogP) is 8.39. The monoisotopic (exact) mass is 429 g/mol. The molecule has 0 aliphatic heterocycles. The van der Waals surface area contributed by atoms with Crippen molar-refractivity contribution >= 4 is 5.69 Å². The summed E-state index contributed by atoms with van der Waals surface area (Å²) in [6.07, 6.45) is 8.02. The van der Waals surface area contributed by atoms with Gasteiger partial charge < -0.3 is 5.32 Å². The molecule has 2 heteroatoms. The quantitative estimate of drug-likeness (QED) is 0.379. The molecule has 3 aromatic rings. The van der Waals surface area contributed by atoms with Gasteiger partial charge in [0.1, 0.15) is 5.82 Å². The number of aryl methyl sites for hydroxylation is 2. The van der Waals surface area contributed by atoms with Crippen LogP contribution in [0.25, 0.3) is 11.1 Å². The van der Waals surface area contributed by atoms with Crippen molar-refractivity contribution in [2.75, 3.05) is 11.9 Å². The van der Waals surface area contributed by atoms with Gasteiger partial charge in [0.25, 0.3) is 0 Å². The van der Waals surface area contributed by atoms with E-state index in [0.717, 1.165) is 37.3 Å². The maximum atomic E-state index is 14.9.